The van der Waals surface area contributed by atoms with Crippen LogP contribution < -0.4 is 21.2 Å². The Morgan fingerprint density at radius 1 is 1.20 bits per heavy atom. The van der Waals surface area contributed by atoms with Gasteiger partial charge in [0, 0.05) is 0 Å². The van der Waals surface area contributed by atoms with Crippen molar-refractivity contribution in [1.82, 2.24) is 0 Å². The van der Waals surface area contributed by atoms with Gasteiger partial charge in [0.25, 0.3) is 0 Å². The third kappa shape index (κ3) is 4.38. The number of hydrogen-bond acceptors (Lipinski definition) is 1. The molecule has 0 aromatic heterocycles. The van der Waals surface area contributed by atoms with Crippen molar-refractivity contribution in [3.63, 3.8) is 0 Å². The molecule has 0 aliphatic carbocycles. The van der Waals surface area contributed by atoms with Crippen molar-refractivity contribution in [3.05, 3.63) is 43.4 Å². The number of hydrogen-bond donors (Lipinski definition) is 0. The molecular weight excluding hydrogens is 315 g/mol. The summed E-state index contributed by atoms with van der Waals surface area (Å²) in [6.07, 6.45) is 1.98. The summed E-state index contributed by atoms with van der Waals surface area (Å²) in [4.78, 5) is 0. The van der Waals surface area contributed by atoms with Gasteiger partial charge in [-0.2, -0.15) is 0 Å². The van der Waals surface area contributed by atoms with E-state index in [4.69, 9.17) is 4.74 Å². The molecule has 1 aromatic rings. The zero-order valence-corrected chi connectivity index (χ0v) is 12.9. The van der Waals surface area contributed by atoms with Gasteiger partial charge in [0.15, 0.2) is 6.77 Å². The van der Waals surface area contributed by atoms with Crippen LogP contribution >= 0.6 is 0 Å². The van der Waals surface area contributed by atoms with Crippen LogP contribution in [0.5, 0.6) is 0 Å². The third-order valence-electron chi connectivity index (χ3n) is 1.88. The van der Waals surface area contributed by atoms with Gasteiger partial charge in [-0.15, -0.1) is 0 Å². The second-order valence-electron chi connectivity index (χ2n) is 4.34. The molecule has 0 bridgehead atoms. The van der Waals surface area contributed by atoms with Crippen molar-refractivity contribution >= 4 is 8.07 Å². The molecule has 0 radical (unpaired) electrons. The smallest absolute Gasteiger partial charge is 0.350 e. The van der Waals surface area contributed by atoms with Crippen molar-refractivity contribution in [1.29, 1.82) is 0 Å². The summed E-state index contributed by atoms with van der Waals surface area (Å²) >= 11 is -0.0375. The van der Waals surface area contributed by atoms with E-state index < -0.39 is 8.07 Å². The van der Waals surface area contributed by atoms with Crippen molar-refractivity contribution in [2.45, 2.75) is 19.6 Å². The lowest BCUT2D eigenvalue weighted by Gasteiger charge is -2.09. The molecule has 0 unspecified atom stereocenters. The van der Waals surface area contributed by atoms with Crippen LogP contribution in [0, 0.1) is 3.57 Å². The molecule has 1 rings (SSSR count). The second kappa shape index (κ2) is 5.70. The first-order chi connectivity index (χ1) is 7.04. The van der Waals surface area contributed by atoms with E-state index >= 15 is 0 Å². The van der Waals surface area contributed by atoms with E-state index in [2.05, 4.69) is 50.0 Å². The van der Waals surface area contributed by atoms with E-state index in [1.807, 2.05) is 6.26 Å². The summed E-state index contributed by atoms with van der Waals surface area (Å²) in [7, 11) is 0.540. The van der Waals surface area contributed by atoms with Crippen LogP contribution in [0.2, 0.25) is 19.6 Å². The molecule has 0 atom stereocenters. The van der Waals surface area contributed by atoms with Crippen LogP contribution in [0.4, 0.5) is 0 Å². The van der Waals surface area contributed by atoms with Crippen molar-refractivity contribution in [3.8, 4) is 0 Å². The largest absolute Gasteiger partial charge is 0.500 e. The van der Waals surface area contributed by atoms with Gasteiger partial charge in [0.1, 0.15) is 14.3 Å². The third-order valence-corrected chi connectivity index (χ3v) is 11.1. The molecular formula is C12H18IOSi+. The lowest BCUT2D eigenvalue weighted by molar-refractivity contribution is -0.568. The highest BCUT2D eigenvalue weighted by Crippen LogP contribution is 2.05. The zero-order chi connectivity index (χ0) is 11.3. The molecule has 0 spiro atoms. The molecule has 0 amide bonds. The molecule has 15 heavy (non-hydrogen) atoms. The normalized spacial score (nSPS) is 12.7. The standard InChI is InChI=1S/C12H18IOSi/c1-14-10-12(15(2,3)4)13-11-8-6-5-7-9-11/h5-10H,1-4H3/q+1/b12-10-. The predicted molar refractivity (Wildman–Crippen MR) is 63.6 cm³/mol. The highest BCUT2D eigenvalue weighted by atomic mass is 127. The first-order valence-corrected chi connectivity index (χ1v) is 10.6. The molecule has 3 heteroatoms. The lowest BCUT2D eigenvalue weighted by atomic mass is 10.4. The minimum atomic E-state index is -1.21. The Hall–Kier alpha value is -0.293. The van der Waals surface area contributed by atoms with E-state index in [1.54, 1.807) is 10.3 Å². The minimum absolute atomic E-state index is 0.0375. The average molecular weight is 333 g/mol. The minimum Gasteiger partial charge on any atom is -0.500 e. The fourth-order valence-corrected chi connectivity index (χ4v) is 6.78. The number of methoxy groups -OCH3 is 1. The molecule has 0 fully saturated rings. The van der Waals surface area contributed by atoms with Gasteiger partial charge < -0.3 is 4.74 Å². The van der Waals surface area contributed by atoms with E-state index in [9.17, 15) is 0 Å². The van der Waals surface area contributed by atoms with Gasteiger partial charge in [-0.3, -0.25) is 0 Å². The fraction of sp³-hybridized carbons (Fsp3) is 0.333. The van der Waals surface area contributed by atoms with E-state index in [0.29, 0.717) is 0 Å². The Balaban J connectivity index is 2.82. The zero-order valence-electron chi connectivity index (χ0n) is 9.75. The summed E-state index contributed by atoms with van der Waals surface area (Å²) in [6, 6.07) is 10.7. The van der Waals surface area contributed by atoms with Gasteiger partial charge in [-0.1, -0.05) is 37.8 Å². The van der Waals surface area contributed by atoms with Crippen LogP contribution in [0.25, 0.3) is 0 Å². The summed E-state index contributed by atoms with van der Waals surface area (Å²) < 4.78 is 8.24. The Labute approximate surface area is 104 Å². The van der Waals surface area contributed by atoms with E-state index in [1.165, 1.54) is 3.57 Å². The first kappa shape index (κ1) is 12.8. The van der Waals surface area contributed by atoms with Crippen LogP contribution in [0.1, 0.15) is 0 Å². The van der Waals surface area contributed by atoms with E-state index in [0.717, 1.165) is 0 Å². The van der Waals surface area contributed by atoms with Gasteiger partial charge in [-0.25, -0.2) is 0 Å². The van der Waals surface area contributed by atoms with Crippen LogP contribution in [0.3, 0.4) is 0 Å². The van der Waals surface area contributed by atoms with Crippen LogP contribution in [-0.4, -0.2) is 15.2 Å². The molecule has 0 saturated carbocycles. The molecule has 0 N–H and O–H groups in total. The number of rotatable bonds is 4. The van der Waals surface area contributed by atoms with Gasteiger partial charge in [0.05, 0.1) is 7.11 Å². The molecule has 0 aliphatic heterocycles. The maximum absolute atomic E-state index is 5.20. The maximum atomic E-state index is 5.20. The average Bonchev–Trinajstić information content (AvgIpc) is 2.17. The van der Waals surface area contributed by atoms with Gasteiger partial charge in [-0.05, 0) is 12.1 Å². The monoisotopic (exact) mass is 333 g/mol. The summed E-state index contributed by atoms with van der Waals surface area (Å²) in [6.45, 7) is 7.13. The molecule has 0 saturated heterocycles. The fourth-order valence-electron chi connectivity index (χ4n) is 1.04. The summed E-state index contributed by atoms with van der Waals surface area (Å²) in [5, 5.41) is 0. The first-order valence-electron chi connectivity index (χ1n) is 4.97. The topological polar surface area (TPSA) is 9.23 Å². The van der Waals surface area contributed by atoms with Gasteiger partial charge >= 0.3 is 21.2 Å². The number of benzene rings is 1. The lowest BCUT2D eigenvalue weighted by Crippen LogP contribution is -3.61. The predicted octanol–water partition coefficient (Wildman–Crippen LogP) is 0.310. The Morgan fingerprint density at radius 3 is 2.27 bits per heavy atom. The highest BCUT2D eigenvalue weighted by Gasteiger charge is 2.33. The Morgan fingerprint density at radius 2 is 1.80 bits per heavy atom. The second-order valence-corrected chi connectivity index (χ2v) is 13.3. The molecule has 82 valence electrons. The van der Waals surface area contributed by atoms with Crippen LogP contribution in [-0.2, 0) is 4.74 Å². The molecule has 0 heterocycles. The van der Waals surface area contributed by atoms with Crippen molar-refractivity contribution in [2.75, 3.05) is 7.11 Å². The highest BCUT2D eigenvalue weighted by molar-refractivity contribution is 6.82. The SMILES string of the molecule is CO/C=C(/[I+]c1ccccc1)[Si](C)(C)C. The van der Waals surface area contributed by atoms with E-state index in [-0.39, 0.29) is 21.2 Å². The Kier molecular flexibility index (Phi) is 4.85. The molecule has 1 nitrogen and oxygen atoms in total. The summed E-state index contributed by atoms with van der Waals surface area (Å²) in [5.74, 6) is 0. The maximum Gasteiger partial charge on any atom is 0.350 e. The molecule has 0 aliphatic rings. The summed E-state index contributed by atoms with van der Waals surface area (Å²) in [5.41, 5.74) is 0. The molecule has 1 aromatic carbocycles. The number of halogens is 1. The van der Waals surface area contributed by atoms with Crippen molar-refractivity contribution in [2.24, 2.45) is 0 Å². The van der Waals surface area contributed by atoms with Crippen molar-refractivity contribution < 1.29 is 25.9 Å². The number of ether oxygens (including phenoxy) is 1. The van der Waals surface area contributed by atoms with Crippen LogP contribution in [0.15, 0.2) is 39.8 Å². The quantitative estimate of drug-likeness (QED) is 0.438. The van der Waals surface area contributed by atoms with Gasteiger partial charge in [0.2, 0.25) is 0 Å². The Bertz CT molecular complexity index is 327.